The molecule has 0 aliphatic heterocycles. The minimum Gasteiger partial charge on any atom is -0.508 e. The lowest BCUT2D eigenvalue weighted by atomic mass is 10.0. The molecule has 4 heteroatoms. The number of hydrogen-bond acceptors (Lipinski definition) is 4. The van der Waals surface area contributed by atoms with Gasteiger partial charge in [-0.15, -0.1) is 0 Å². The van der Waals surface area contributed by atoms with E-state index in [0.717, 1.165) is 12.1 Å². The maximum Gasteiger partial charge on any atom is 0.131 e. The number of nitrogens with zero attached hydrogens (tertiary/aromatic N) is 1. The van der Waals surface area contributed by atoms with Crippen LogP contribution < -0.4 is 0 Å². The molecule has 0 spiro atoms. The van der Waals surface area contributed by atoms with Crippen LogP contribution in [0.5, 0.6) is 11.5 Å². The predicted octanol–water partition coefficient (Wildman–Crippen LogP) is 4.26. The molecule has 0 unspecified atom stereocenters. The number of hydrogen-bond donors (Lipinski definition) is 3. The number of phenols is 2. The molecule has 24 heavy (non-hydrogen) atoms. The number of phenolic OH excluding ortho intramolecular Hbond substituents is 2. The Labute approximate surface area is 143 Å². The van der Waals surface area contributed by atoms with E-state index in [1.54, 1.807) is 19.1 Å². The van der Waals surface area contributed by atoms with Crippen LogP contribution in [0, 0.1) is 12.3 Å². The molecule has 0 amide bonds. The highest BCUT2D eigenvalue weighted by Gasteiger charge is 2.12. The zero-order valence-corrected chi connectivity index (χ0v) is 14.2. The van der Waals surface area contributed by atoms with Crippen molar-refractivity contribution in [1.82, 2.24) is 0 Å². The predicted molar refractivity (Wildman–Crippen MR) is 98.7 cm³/mol. The van der Waals surface area contributed by atoms with Gasteiger partial charge in [0.25, 0.3) is 0 Å². The molecule has 0 atom stereocenters. The van der Waals surface area contributed by atoms with Gasteiger partial charge in [-0.3, -0.25) is 4.99 Å². The van der Waals surface area contributed by atoms with Gasteiger partial charge in [-0.25, -0.2) is 0 Å². The zero-order valence-electron chi connectivity index (χ0n) is 14.2. The van der Waals surface area contributed by atoms with E-state index in [2.05, 4.69) is 17.1 Å². The fourth-order valence-electron chi connectivity index (χ4n) is 2.52. The van der Waals surface area contributed by atoms with Gasteiger partial charge in [0.1, 0.15) is 11.5 Å². The van der Waals surface area contributed by atoms with Crippen LogP contribution in [-0.2, 0) is 6.42 Å². The fourth-order valence-corrected chi connectivity index (χ4v) is 2.52. The quantitative estimate of drug-likeness (QED) is 0.666. The molecule has 2 rings (SSSR count). The van der Waals surface area contributed by atoms with E-state index in [1.165, 1.54) is 5.56 Å². The molecule has 2 aromatic rings. The molecule has 0 bridgehead atoms. The van der Waals surface area contributed by atoms with E-state index >= 15 is 0 Å². The van der Waals surface area contributed by atoms with E-state index in [9.17, 15) is 10.2 Å². The summed E-state index contributed by atoms with van der Waals surface area (Å²) in [5, 5.41) is 27.9. The first-order chi connectivity index (χ1) is 11.5. The third-order valence-corrected chi connectivity index (χ3v) is 4.07. The van der Waals surface area contributed by atoms with E-state index < -0.39 is 0 Å². The second-order valence-electron chi connectivity index (χ2n) is 5.81. The second-order valence-corrected chi connectivity index (χ2v) is 5.81. The lowest BCUT2D eigenvalue weighted by Gasteiger charge is -2.11. The number of aliphatic imine (C=N–C) groups is 1. The summed E-state index contributed by atoms with van der Waals surface area (Å²) in [6, 6.07) is 13.4. The molecule has 0 fully saturated rings. The van der Waals surface area contributed by atoms with Crippen molar-refractivity contribution in [2.75, 3.05) is 6.54 Å². The Bertz CT molecular complexity index is 737. The van der Waals surface area contributed by atoms with Crippen LogP contribution >= 0.6 is 0 Å². The van der Waals surface area contributed by atoms with Crippen molar-refractivity contribution >= 4 is 11.4 Å². The molecule has 0 saturated carbocycles. The molecule has 0 radical (unpaired) electrons. The van der Waals surface area contributed by atoms with Gasteiger partial charge < -0.3 is 15.6 Å². The van der Waals surface area contributed by atoms with Gasteiger partial charge >= 0.3 is 0 Å². The minimum absolute atomic E-state index is 0.0615. The Kier molecular flexibility index (Phi) is 6.13. The van der Waals surface area contributed by atoms with Gasteiger partial charge in [-0.2, -0.15) is 0 Å². The monoisotopic (exact) mass is 324 g/mol. The Morgan fingerprint density at radius 3 is 2.46 bits per heavy atom. The Hall–Kier alpha value is -2.62. The summed E-state index contributed by atoms with van der Waals surface area (Å²) < 4.78 is 0. The molecular formula is C20H24N2O2. The van der Waals surface area contributed by atoms with Crippen LogP contribution in [0.2, 0.25) is 0 Å². The van der Waals surface area contributed by atoms with Crippen molar-refractivity contribution in [3.8, 4) is 11.5 Å². The van der Waals surface area contributed by atoms with E-state index in [1.807, 2.05) is 25.1 Å². The summed E-state index contributed by atoms with van der Waals surface area (Å²) in [5.41, 5.74) is 3.62. The SMILES string of the molecule is CCC(=NCC(=N)CCc1ccccc1)c1ccc(O)c(C)c1O. The molecule has 2 aromatic carbocycles. The van der Waals surface area contributed by atoms with Crippen molar-refractivity contribution < 1.29 is 10.2 Å². The first kappa shape index (κ1) is 17.7. The number of rotatable bonds is 7. The van der Waals surface area contributed by atoms with Gasteiger partial charge in [-0.05, 0) is 43.9 Å². The van der Waals surface area contributed by atoms with E-state index in [0.29, 0.717) is 36.2 Å². The molecule has 0 heterocycles. The molecule has 3 N–H and O–H groups in total. The summed E-state index contributed by atoms with van der Waals surface area (Å²) in [5.74, 6) is 0.133. The van der Waals surface area contributed by atoms with Crippen LogP contribution in [0.1, 0.15) is 36.5 Å². The average Bonchev–Trinajstić information content (AvgIpc) is 2.61. The second kappa shape index (κ2) is 8.29. The molecule has 0 saturated heterocycles. The highest BCUT2D eigenvalue weighted by molar-refractivity contribution is 6.04. The third-order valence-electron chi connectivity index (χ3n) is 4.07. The van der Waals surface area contributed by atoms with Crippen LogP contribution in [0.25, 0.3) is 0 Å². The van der Waals surface area contributed by atoms with Crippen LogP contribution in [0.4, 0.5) is 0 Å². The molecule has 0 aliphatic carbocycles. The molecular weight excluding hydrogens is 300 g/mol. The van der Waals surface area contributed by atoms with Gasteiger partial charge in [0.2, 0.25) is 0 Å². The normalized spacial score (nSPS) is 11.5. The Morgan fingerprint density at radius 2 is 1.79 bits per heavy atom. The molecule has 0 aromatic heterocycles. The first-order valence-electron chi connectivity index (χ1n) is 8.18. The summed E-state index contributed by atoms with van der Waals surface area (Å²) >= 11 is 0. The first-order valence-corrected chi connectivity index (χ1v) is 8.18. The Morgan fingerprint density at radius 1 is 1.08 bits per heavy atom. The fraction of sp³-hybridized carbons (Fsp3) is 0.300. The summed E-state index contributed by atoms with van der Waals surface area (Å²) in [4.78, 5) is 4.51. The van der Waals surface area contributed by atoms with Crippen molar-refractivity contribution in [3.63, 3.8) is 0 Å². The number of aryl methyl sites for hydroxylation is 1. The van der Waals surface area contributed by atoms with Gasteiger partial charge in [-0.1, -0.05) is 37.3 Å². The zero-order chi connectivity index (χ0) is 17.5. The van der Waals surface area contributed by atoms with Gasteiger partial charge in [0, 0.05) is 22.6 Å². The van der Waals surface area contributed by atoms with E-state index in [-0.39, 0.29) is 11.5 Å². The van der Waals surface area contributed by atoms with Crippen LogP contribution in [0.3, 0.4) is 0 Å². The van der Waals surface area contributed by atoms with Gasteiger partial charge in [0.05, 0.1) is 6.54 Å². The van der Waals surface area contributed by atoms with E-state index in [4.69, 9.17) is 5.41 Å². The largest absolute Gasteiger partial charge is 0.508 e. The number of nitrogens with one attached hydrogen (secondary N) is 1. The lowest BCUT2D eigenvalue weighted by Crippen LogP contribution is -2.08. The van der Waals surface area contributed by atoms with Crippen LogP contribution in [-0.4, -0.2) is 28.2 Å². The minimum atomic E-state index is 0.0615. The molecule has 0 aliphatic rings. The van der Waals surface area contributed by atoms with Crippen molar-refractivity contribution in [2.24, 2.45) is 4.99 Å². The van der Waals surface area contributed by atoms with Crippen molar-refractivity contribution in [1.29, 1.82) is 5.41 Å². The van der Waals surface area contributed by atoms with Crippen molar-refractivity contribution in [3.05, 3.63) is 59.2 Å². The maximum atomic E-state index is 10.2. The summed E-state index contributed by atoms with van der Waals surface area (Å²) in [7, 11) is 0. The average molecular weight is 324 g/mol. The maximum absolute atomic E-state index is 10.2. The third kappa shape index (κ3) is 4.44. The lowest BCUT2D eigenvalue weighted by molar-refractivity contribution is 0.442. The topological polar surface area (TPSA) is 76.7 Å². The summed E-state index contributed by atoms with van der Waals surface area (Å²) in [6.45, 7) is 3.97. The highest BCUT2D eigenvalue weighted by Crippen LogP contribution is 2.30. The highest BCUT2D eigenvalue weighted by atomic mass is 16.3. The van der Waals surface area contributed by atoms with Gasteiger partial charge in [0.15, 0.2) is 0 Å². The smallest absolute Gasteiger partial charge is 0.131 e. The molecule has 4 nitrogen and oxygen atoms in total. The standard InChI is InChI=1S/C20H24N2O2/c1-3-18(17-11-12-19(23)14(2)20(17)24)22-13-16(21)10-9-15-7-5-4-6-8-15/h4-8,11-12,21,23-24H,3,9-10,13H2,1-2H3. The molecule has 126 valence electrons. The van der Waals surface area contributed by atoms with Crippen molar-refractivity contribution in [2.45, 2.75) is 33.1 Å². The van der Waals surface area contributed by atoms with Crippen LogP contribution in [0.15, 0.2) is 47.5 Å². The Balaban J connectivity index is 2.03. The number of benzene rings is 2. The summed E-state index contributed by atoms with van der Waals surface area (Å²) in [6.07, 6.45) is 2.16. The number of aromatic hydroxyl groups is 2.